The molecule has 2 aromatic heterocycles. The van der Waals surface area contributed by atoms with E-state index >= 15 is 0 Å². The highest BCUT2D eigenvalue weighted by atomic mass is 19.4. The molecule has 2 aromatic rings. The van der Waals surface area contributed by atoms with Crippen LogP contribution in [0.2, 0.25) is 0 Å². The molecule has 0 aliphatic carbocycles. The van der Waals surface area contributed by atoms with Crippen molar-refractivity contribution in [3.05, 3.63) is 42.1 Å². The molecule has 0 unspecified atom stereocenters. The molecule has 5 nitrogen and oxygen atoms in total. The molecule has 0 aliphatic rings. The van der Waals surface area contributed by atoms with E-state index < -0.39 is 17.5 Å². The topological polar surface area (TPSA) is 65.0 Å². The fourth-order valence-corrected chi connectivity index (χ4v) is 2.03. The van der Waals surface area contributed by atoms with Crippen molar-refractivity contribution in [1.82, 2.24) is 15.0 Å². The largest absolute Gasteiger partial charge is 0.460 e. The van der Waals surface area contributed by atoms with Crippen molar-refractivity contribution < 1.29 is 22.7 Å². The van der Waals surface area contributed by atoms with E-state index in [1.807, 2.05) is 0 Å². The molecule has 0 fully saturated rings. The fourth-order valence-electron chi connectivity index (χ4n) is 2.03. The summed E-state index contributed by atoms with van der Waals surface area (Å²) in [6.07, 6.45) is -1.57. The summed E-state index contributed by atoms with van der Waals surface area (Å²) in [7, 11) is 0. The van der Waals surface area contributed by atoms with Gasteiger partial charge in [0.15, 0.2) is 0 Å². The highest BCUT2D eigenvalue weighted by molar-refractivity contribution is 5.70. The molecule has 0 amide bonds. The minimum atomic E-state index is -4.48. The lowest BCUT2D eigenvalue weighted by atomic mass is 10.1. The molecule has 0 aliphatic heterocycles. The van der Waals surface area contributed by atoms with E-state index in [0.29, 0.717) is 23.4 Å². The van der Waals surface area contributed by atoms with E-state index in [1.165, 1.54) is 12.4 Å². The molecule has 0 saturated carbocycles. The first-order chi connectivity index (χ1) is 11.5. The number of hydrogen-bond acceptors (Lipinski definition) is 5. The predicted molar refractivity (Wildman–Crippen MR) is 84.4 cm³/mol. The van der Waals surface area contributed by atoms with Crippen molar-refractivity contribution in [1.29, 1.82) is 0 Å². The molecule has 25 heavy (non-hydrogen) atoms. The van der Waals surface area contributed by atoms with Crippen LogP contribution in [0, 0.1) is 0 Å². The zero-order chi connectivity index (χ0) is 18.7. The molecule has 134 valence electrons. The number of nitrogens with zero attached hydrogens (tertiary/aromatic N) is 3. The van der Waals surface area contributed by atoms with Crippen LogP contribution >= 0.6 is 0 Å². The first-order valence-corrected chi connectivity index (χ1v) is 7.61. The second-order valence-electron chi connectivity index (χ2n) is 6.41. The van der Waals surface area contributed by atoms with Gasteiger partial charge in [-0.05, 0) is 39.0 Å². The predicted octanol–water partition coefficient (Wildman–Crippen LogP) is 3.83. The smallest absolute Gasteiger partial charge is 0.433 e. The van der Waals surface area contributed by atoms with Crippen LogP contribution in [0.5, 0.6) is 0 Å². The maximum absolute atomic E-state index is 12.5. The Hall–Kier alpha value is -2.51. The first kappa shape index (κ1) is 18.8. The highest BCUT2D eigenvalue weighted by Gasteiger charge is 2.32. The van der Waals surface area contributed by atoms with Gasteiger partial charge in [-0.25, -0.2) is 9.97 Å². The van der Waals surface area contributed by atoms with Crippen LogP contribution in [0.1, 0.15) is 38.6 Å². The number of aryl methyl sites for hydroxylation is 1. The van der Waals surface area contributed by atoms with E-state index in [1.54, 1.807) is 26.8 Å². The molecule has 0 aromatic carbocycles. The van der Waals surface area contributed by atoms with Gasteiger partial charge in [0.2, 0.25) is 0 Å². The third kappa shape index (κ3) is 5.81. The van der Waals surface area contributed by atoms with E-state index in [0.717, 1.165) is 12.3 Å². The SMILES string of the molecule is CC(C)(C)OC(=O)CCc1cc(-c2ccc(C(F)(F)F)nc2)ncn1. The molecule has 2 heterocycles. The zero-order valence-corrected chi connectivity index (χ0v) is 14.1. The van der Waals surface area contributed by atoms with Gasteiger partial charge in [-0.2, -0.15) is 13.2 Å². The number of carbonyl (C=O) groups is 1. The molecule has 8 heteroatoms. The van der Waals surface area contributed by atoms with Crippen LogP contribution in [-0.2, 0) is 22.1 Å². The summed E-state index contributed by atoms with van der Waals surface area (Å²) in [5, 5.41) is 0. The van der Waals surface area contributed by atoms with Gasteiger partial charge in [0, 0.05) is 23.9 Å². The van der Waals surface area contributed by atoms with Gasteiger partial charge in [0.1, 0.15) is 17.6 Å². The summed E-state index contributed by atoms with van der Waals surface area (Å²) >= 11 is 0. The Balaban J connectivity index is 2.07. The molecule has 0 bridgehead atoms. The first-order valence-electron chi connectivity index (χ1n) is 7.61. The Bertz CT molecular complexity index is 738. The van der Waals surface area contributed by atoms with Crippen molar-refractivity contribution in [3.8, 4) is 11.3 Å². The molecular formula is C17H18F3N3O2. The van der Waals surface area contributed by atoms with Crippen LogP contribution in [0.3, 0.4) is 0 Å². The Morgan fingerprint density at radius 2 is 1.84 bits per heavy atom. The monoisotopic (exact) mass is 353 g/mol. The van der Waals surface area contributed by atoms with Gasteiger partial charge in [0.25, 0.3) is 0 Å². The van der Waals surface area contributed by atoms with Gasteiger partial charge in [-0.15, -0.1) is 0 Å². The lowest BCUT2D eigenvalue weighted by Crippen LogP contribution is -2.24. The number of ether oxygens (including phenoxy) is 1. The van der Waals surface area contributed by atoms with E-state index in [-0.39, 0.29) is 12.4 Å². The lowest BCUT2D eigenvalue weighted by Gasteiger charge is -2.19. The Morgan fingerprint density at radius 1 is 1.12 bits per heavy atom. The third-order valence-electron chi connectivity index (χ3n) is 3.08. The third-order valence-corrected chi connectivity index (χ3v) is 3.08. The quantitative estimate of drug-likeness (QED) is 0.782. The normalized spacial score (nSPS) is 12.1. The number of carbonyl (C=O) groups excluding carboxylic acids is 1. The number of halogens is 3. The van der Waals surface area contributed by atoms with E-state index in [9.17, 15) is 18.0 Å². The van der Waals surface area contributed by atoms with Gasteiger partial charge in [-0.3, -0.25) is 9.78 Å². The van der Waals surface area contributed by atoms with Gasteiger partial charge in [-0.1, -0.05) is 0 Å². The maximum Gasteiger partial charge on any atom is 0.433 e. The van der Waals surface area contributed by atoms with Crippen molar-refractivity contribution in [2.45, 2.75) is 45.4 Å². The summed E-state index contributed by atoms with van der Waals surface area (Å²) in [5.74, 6) is -0.344. The summed E-state index contributed by atoms with van der Waals surface area (Å²) < 4.78 is 42.9. The molecule has 0 spiro atoms. The van der Waals surface area contributed by atoms with Crippen LogP contribution in [0.4, 0.5) is 13.2 Å². The summed E-state index contributed by atoms with van der Waals surface area (Å²) in [6, 6.07) is 3.82. The Labute approximate surface area is 143 Å². The Kier molecular flexibility index (Phi) is 5.39. The number of pyridine rings is 1. The van der Waals surface area contributed by atoms with Crippen LogP contribution in [0.15, 0.2) is 30.7 Å². The lowest BCUT2D eigenvalue weighted by molar-refractivity contribution is -0.154. The number of esters is 1. The average Bonchev–Trinajstić information content (AvgIpc) is 2.51. The average molecular weight is 353 g/mol. The van der Waals surface area contributed by atoms with Gasteiger partial charge in [0.05, 0.1) is 12.1 Å². The molecule has 0 atom stereocenters. The summed E-state index contributed by atoms with van der Waals surface area (Å²) in [5.41, 5.74) is -0.0460. The molecule has 2 rings (SSSR count). The van der Waals surface area contributed by atoms with Crippen molar-refractivity contribution >= 4 is 5.97 Å². The molecule has 0 saturated heterocycles. The fraction of sp³-hybridized carbons (Fsp3) is 0.412. The minimum Gasteiger partial charge on any atom is -0.460 e. The number of alkyl halides is 3. The second kappa shape index (κ2) is 7.16. The van der Waals surface area contributed by atoms with Gasteiger partial charge < -0.3 is 4.74 Å². The number of hydrogen-bond donors (Lipinski definition) is 0. The second-order valence-corrected chi connectivity index (χ2v) is 6.41. The minimum absolute atomic E-state index is 0.152. The molecular weight excluding hydrogens is 335 g/mol. The van der Waals surface area contributed by atoms with Crippen LogP contribution < -0.4 is 0 Å². The maximum atomic E-state index is 12.5. The van der Waals surface area contributed by atoms with E-state index in [2.05, 4.69) is 15.0 Å². The van der Waals surface area contributed by atoms with Crippen molar-refractivity contribution in [3.63, 3.8) is 0 Å². The number of rotatable bonds is 4. The van der Waals surface area contributed by atoms with Crippen LogP contribution in [0.25, 0.3) is 11.3 Å². The van der Waals surface area contributed by atoms with E-state index in [4.69, 9.17) is 4.74 Å². The molecule has 0 radical (unpaired) electrons. The summed E-state index contributed by atoms with van der Waals surface area (Å²) in [6.45, 7) is 5.35. The zero-order valence-electron chi connectivity index (χ0n) is 14.1. The summed E-state index contributed by atoms with van der Waals surface area (Å²) in [4.78, 5) is 23.3. The highest BCUT2D eigenvalue weighted by Crippen LogP contribution is 2.28. The number of aromatic nitrogens is 3. The van der Waals surface area contributed by atoms with Crippen molar-refractivity contribution in [2.24, 2.45) is 0 Å². The van der Waals surface area contributed by atoms with Crippen molar-refractivity contribution in [2.75, 3.05) is 0 Å². The molecule has 0 N–H and O–H groups in total. The standard InChI is InChI=1S/C17H18F3N3O2/c1-16(2,3)25-15(24)7-5-12-8-13(23-10-22-12)11-4-6-14(21-9-11)17(18,19)20/h4,6,8-10H,5,7H2,1-3H3. The van der Waals surface area contributed by atoms with Crippen LogP contribution in [-0.4, -0.2) is 26.5 Å². The Morgan fingerprint density at radius 3 is 2.40 bits per heavy atom. The van der Waals surface area contributed by atoms with Gasteiger partial charge >= 0.3 is 12.1 Å².